The molecule has 0 saturated carbocycles. The second-order valence-electron chi connectivity index (χ2n) is 9.96. The van der Waals surface area contributed by atoms with Gasteiger partial charge in [0.1, 0.15) is 0 Å². The highest BCUT2D eigenvalue weighted by Gasteiger charge is 2.38. The summed E-state index contributed by atoms with van der Waals surface area (Å²) in [6, 6.07) is 8.27. The highest BCUT2D eigenvalue weighted by atomic mass is 16.2. The smallest absolute Gasteiger partial charge is 0.226 e. The van der Waals surface area contributed by atoms with E-state index < -0.39 is 0 Å². The van der Waals surface area contributed by atoms with Gasteiger partial charge in [0, 0.05) is 50.7 Å². The molecule has 182 valence electrons. The second kappa shape index (κ2) is 11.1. The molecule has 0 N–H and O–H groups in total. The molecule has 4 heterocycles. The van der Waals surface area contributed by atoms with Crippen LogP contribution in [0.15, 0.2) is 49.1 Å². The summed E-state index contributed by atoms with van der Waals surface area (Å²) in [5.74, 6) is 0.700. The number of likely N-dealkylation sites (tertiary alicyclic amines) is 2. The summed E-state index contributed by atoms with van der Waals surface area (Å²) in [4.78, 5) is 40.0. The molecule has 2 aromatic heterocycles. The number of carbonyl (C=O) groups is 2. The minimum atomic E-state index is 0.0969. The zero-order valence-corrected chi connectivity index (χ0v) is 20.6. The number of amides is 2. The van der Waals surface area contributed by atoms with Crippen LogP contribution in [-0.4, -0.2) is 70.7 Å². The van der Waals surface area contributed by atoms with Gasteiger partial charge >= 0.3 is 0 Å². The van der Waals surface area contributed by atoms with Crippen LogP contribution >= 0.6 is 0 Å². The number of nitrogens with zero attached hydrogens (tertiary/aromatic N) is 5. The lowest BCUT2D eigenvalue weighted by Gasteiger charge is -2.19. The van der Waals surface area contributed by atoms with Gasteiger partial charge in [-0.1, -0.05) is 12.1 Å². The predicted molar refractivity (Wildman–Crippen MR) is 132 cm³/mol. The van der Waals surface area contributed by atoms with E-state index >= 15 is 0 Å². The molecule has 0 aromatic carbocycles. The summed E-state index contributed by atoms with van der Waals surface area (Å²) >= 11 is 0. The molecule has 0 radical (unpaired) electrons. The van der Waals surface area contributed by atoms with Crippen molar-refractivity contribution in [1.29, 1.82) is 0 Å². The van der Waals surface area contributed by atoms with Crippen LogP contribution < -0.4 is 0 Å². The number of carbonyl (C=O) groups excluding carboxylic acids is 2. The third kappa shape index (κ3) is 5.46. The first-order chi connectivity index (χ1) is 16.5. The lowest BCUT2D eigenvalue weighted by atomic mass is 9.96. The van der Waals surface area contributed by atoms with Crippen LogP contribution in [0.2, 0.25) is 0 Å². The number of hydrogen-bond donors (Lipinski definition) is 0. The van der Waals surface area contributed by atoms with Crippen LogP contribution in [0.5, 0.6) is 0 Å². The molecular formula is C27H37N5O2. The summed E-state index contributed by atoms with van der Waals surface area (Å²) in [5, 5.41) is 0. The molecule has 2 aliphatic heterocycles. The molecule has 2 fully saturated rings. The highest BCUT2D eigenvalue weighted by Crippen LogP contribution is 2.38. The van der Waals surface area contributed by atoms with Crippen molar-refractivity contribution in [3.8, 4) is 0 Å². The molecule has 2 saturated heterocycles. The second-order valence-corrected chi connectivity index (χ2v) is 9.96. The maximum atomic E-state index is 12.7. The third-order valence-corrected chi connectivity index (χ3v) is 7.67. The van der Waals surface area contributed by atoms with Crippen LogP contribution in [0.25, 0.3) is 0 Å². The van der Waals surface area contributed by atoms with Crippen molar-refractivity contribution in [3.63, 3.8) is 0 Å². The first kappa shape index (κ1) is 24.3. The minimum absolute atomic E-state index is 0.0969. The van der Waals surface area contributed by atoms with E-state index in [1.165, 1.54) is 0 Å². The van der Waals surface area contributed by atoms with Gasteiger partial charge in [-0.25, -0.2) is 0 Å². The van der Waals surface area contributed by atoms with E-state index in [1.807, 2.05) is 48.4 Å². The number of hydrogen-bond acceptors (Lipinski definition) is 5. The molecule has 2 aromatic rings. The average Bonchev–Trinajstić information content (AvgIpc) is 3.30. The van der Waals surface area contributed by atoms with Crippen LogP contribution in [-0.2, 0) is 9.59 Å². The van der Waals surface area contributed by atoms with Crippen molar-refractivity contribution in [2.45, 2.75) is 50.6 Å². The molecule has 34 heavy (non-hydrogen) atoms. The fourth-order valence-electron chi connectivity index (χ4n) is 5.62. The van der Waals surface area contributed by atoms with Crippen molar-refractivity contribution < 1.29 is 9.59 Å². The van der Waals surface area contributed by atoms with Crippen molar-refractivity contribution >= 4 is 11.8 Å². The Morgan fingerprint density at radius 3 is 1.65 bits per heavy atom. The van der Waals surface area contributed by atoms with Gasteiger partial charge in [0.2, 0.25) is 11.8 Å². The Morgan fingerprint density at radius 1 is 0.824 bits per heavy atom. The van der Waals surface area contributed by atoms with Crippen LogP contribution in [0.3, 0.4) is 0 Å². The molecule has 7 nitrogen and oxygen atoms in total. The van der Waals surface area contributed by atoms with E-state index in [9.17, 15) is 9.59 Å². The highest BCUT2D eigenvalue weighted by molar-refractivity contribution is 5.82. The van der Waals surface area contributed by atoms with E-state index in [1.54, 1.807) is 12.4 Å². The van der Waals surface area contributed by atoms with E-state index in [-0.39, 0.29) is 35.7 Å². The summed E-state index contributed by atoms with van der Waals surface area (Å²) in [6.07, 6.45) is 12.9. The number of pyridine rings is 2. The Bertz CT molecular complexity index is 877. The van der Waals surface area contributed by atoms with E-state index in [2.05, 4.69) is 34.0 Å². The van der Waals surface area contributed by atoms with E-state index in [0.29, 0.717) is 0 Å². The van der Waals surface area contributed by atoms with Gasteiger partial charge in [0.25, 0.3) is 0 Å². The normalized spacial score (nSPS) is 25.1. The molecule has 0 spiro atoms. The number of rotatable bonds is 10. The molecule has 4 unspecified atom stereocenters. The maximum absolute atomic E-state index is 12.7. The molecule has 2 aliphatic rings. The van der Waals surface area contributed by atoms with Gasteiger partial charge < -0.3 is 14.7 Å². The summed E-state index contributed by atoms with van der Waals surface area (Å²) < 4.78 is 0. The molecule has 4 atom stereocenters. The lowest BCUT2D eigenvalue weighted by Crippen LogP contribution is -2.26. The Morgan fingerprint density at radius 2 is 1.26 bits per heavy atom. The summed E-state index contributed by atoms with van der Waals surface area (Å²) in [5.41, 5.74) is 2.24. The Labute approximate surface area is 203 Å². The third-order valence-electron chi connectivity index (χ3n) is 7.67. The minimum Gasteiger partial charge on any atom is -0.338 e. The summed E-state index contributed by atoms with van der Waals surface area (Å²) in [7, 11) is 5.96. The van der Waals surface area contributed by atoms with Gasteiger partial charge in [-0.05, 0) is 81.9 Å². The molecule has 4 rings (SSSR count). The quantitative estimate of drug-likeness (QED) is 0.537. The van der Waals surface area contributed by atoms with Crippen LogP contribution in [0.4, 0.5) is 0 Å². The van der Waals surface area contributed by atoms with Gasteiger partial charge in [0.15, 0.2) is 0 Å². The van der Waals surface area contributed by atoms with Crippen molar-refractivity contribution in [2.24, 2.45) is 11.8 Å². The SMILES string of the molecule is CN(CCCC1CC(c2cccnc2)N(C)C1=O)CCCC1CC(c2cccnc2)N(C)C1=O. The monoisotopic (exact) mass is 463 g/mol. The predicted octanol–water partition coefficient (Wildman–Crippen LogP) is 3.71. The first-order valence-corrected chi connectivity index (χ1v) is 12.5. The molecule has 0 aliphatic carbocycles. The Hall–Kier alpha value is -2.80. The Kier molecular flexibility index (Phi) is 7.93. The molecule has 7 heteroatoms. The van der Waals surface area contributed by atoms with Gasteiger partial charge in [-0.3, -0.25) is 19.6 Å². The molecule has 0 bridgehead atoms. The molecular weight excluding hydrogens is 426 g/mol. The number of aromatic nitrogens is 2. The van der Waals surface area contributed by atoms with Gasteiger partial charge in [-0.15, -0.1) is 0 Å². The fourth-order valence-corrected chi connectivity index (χ4v) is 5.62. The zero-order valence-electron chi connectivity index (χ0n) is 20.6. The van der Waals surface area contributed by atoms with Crippen molar-refractivity contribution in [2.75, 3.05) is 34.2 Å². The summed E-state index contributed by atoms with van der Waals surface area (Å²) in [6.45, 7) is 1.95. The van der Waals surface area contributed by atoms with E-state index in [4.69, 9.17) is 0 Å². The van der Waals surface area contributed by atoms with Crippen molar-refractivity contribution in [3.05, 3.63) is 60.2 Å². The van der Waals surface area contributed by atoms with Crippen LogP contribution in [0, 0.1) is 11.8 Å². The fraction of sp³-hybridized carbons (Fsp3) is 0.556. The largest absolute Gasteiger partial charge is 0.338 e. The van der Waals surface area contributed by atoms with Gasteiger partial charge in [0.05, 0.1) is 12.1 Å². The Balaban J connectivity index is 1.16. The average molecular weight is 464 g/mol. The van der Waals surface area contributed by atoms with E-state index in [0.717, 1.165) is 62.7 Å². The standard InChI is InChI=1S/C27H37N5O2/c1-30(14-6-10-20-16-24(31(2)26(20)33)22-8-4-12-28-18-22)15-7-11-21-17-25(32(3)27(21)34)23-9-5-13-29-19-23/h4-5,8-9,12-13,18-21,24-25H,6-7,10-11,14-17H2,1-3H3. The topological polar surface area (TPSA) is 69.6 Å². The van der Waals surface area contributed by atoms with Crippen LogP contribution in [0.1, 0.15) is 61.7 Å². The van der Waals surface area contributed by atoms with Gasteiger partial charge in [-0.2, -0.15) is 0 Å². The lowest BCUT2D eigenvalue weighted by molar-refractivity contribution is -0.131. The van der Waals surface area contributed by atoms with Crippen molar-refractivity contribution in [1.82, 2.24) is 24.7 Å². The zero-order chi connectivity index (χ0) is 24.1. The first-order valence-electron chi connectivity index (χ1n) is 12.5. The maximum Gasteiger partial charge on any atom is 0.226 e. The molecule has 2 amide bonds.